The Balaban J connectivity index is 1.40. The van der Waals surface area contributed by atoms with Crippen molar-refractivity contribution in [1.29, 1.82) is 0 Å². The molecule has 3 aromatic rings. The third-order valence-corrected chi connectivity index (χ3v) is 9.15. The van der Waals surface area contributed by atoms with Gasteiger partial charge in [-0.25, -0.2) is 13.4 Å². The Kier molecular flexibility index (Phi) is 8.51. The van der Waals surface area contributed by atoms with E-state index in [0.717, 1.165) is 25.7 Å². The number of piperazine rings is 1. The zero-order chi connectivity index (χ0) is 27.4. The first-order valence-electron chi connectivity index (χ1n) is 13.2. The summed E-state index contributed by atoms with van der Waals surface area (Å²) < 4.78 is 41.0. The Labute approximate surface area is 233 Å². The Bertz CT molecular complexity index is 1440. The van der Waals surface area contributed by atoms with Crippen molar-refractivity contribution in [3.63, 3.8) is 0 Å². The van der Waals surface area contributed by atoms with Gasteiger partial charge in [-0.05, 0) is 62.9 Å². The number of halogens is 1. The quantitative estimate of drug-likeness (QED) is 0.403. The van der Waals surface area contributed by atoms with Crippen LogP contribution in [0.5, 0.6) is 5.75 Å². The molecular formula is C27H32ClN5O5S. The second-order valence-electron chi connectivity index (χ2n) is 9.59. The van der Waals surface area contributed by atoms with Crippen LogP contribution in [0.4, 0.5) is 5.69 Å². The second-order valence-corrected chi connectivity index (χ2v) is 11.9. The molecule has 5 rings (SSSR count). The minimum atomic E-state index is -3.71. The number of rotatable bonds is 8. The average Bonchev–Trinajstić information content (AvgIpc) is 2.96. The van der Waals surface area contributed by atoms with Gasteiger partial charge in [0.2, 0.25) is 5.75 Å². The number of ether oxygens (including phenoxy) is 2. The first kappa shape index (κ1) is 27.6. The van der Waals surface area contributed by atoms with Gasteiger partial charge in [0.25, 0.3) is 10.0 Å². The largest absolute Gasteiger partial charge is 0.483 e. The SMILES string of the molecule is CCO[C@H]1CC[C@H](Oc2c(N3CCN(S(=O)(=O)c4ccccn4)CC3)cnn(-c3cccc(Cl)c3)c2=O)CC1. The number of nitrogens with zero attached hydrogens (tertiary/aromatic N) is 5. The summed E-state index contributed by atoms with van der Waals surface area (Å²) in [5, 5.41) is 4.95. The summed E-state index contributed by atoms with van der Waals surface area (Å²) >= 11 is 6.18. The van der Waals surface area contributed by atoms with Gasteiger partial charge in [0.15, 0.2) is 5.03 Å². The highest BCUT2D eigenvalue weighted by molar-refractivity contribution is 7.89. The van der Waals surface area contributed by atoms with Crippen LogP contribution >= 0.6 is 11.6 Å². The summed E-state index contributed by atoms with van der Waals surface area (Å²) in [4.78, 5) is 19.7. The maximum atomic E-state index is 13.8. The molecular weight excluding hydrogens is 542 g/mol. The molecule has 10 nitrogen and oxygen atoms in total. The maximum Gasteiger partial charge on any atom is 0.316 e. The molecule has 2 aromatic heterocycles. The predicted molar refractivity (Wildman–Crippen MR) is 148 cm³/mol. The van der Waals surface area contributed by atoms with Crippen LogP contribution < -0.4 is 15.2 Å². The topological polar surface area (TPSA) is 107 Å². The van der Waals surface area contributed by atoms with Crippen LogP contribution in [0.2, 0.25) is 5.02 Å². The lowest BCUT2D eigenvalue weighted by atomic mass is 9.95. The average molecular weight is 574 g/mol. The fourth-order valence-corrected chi connectivity index (χ4v) is 6.62. The van der Waals surface area contributed by atoms with Gasteiger partial charge >= 0.3 is 5.56 Å². The molecule has 1 aliphatic heterocycles. The predicted octanol–water partition coefficient (Wildman–Crippen LogP) is 3.52. The van der Waals surface area contributed by atoms with E-state index in [4.69, 9.17) is 21.1 Å². The molecule has 0 spiro atoms. The van der Waals surface area contributed by atoms with E-state index >= 15 is 0 Å². The van der Waals surface area contributed by atoms with Gasteiger partial charge in [-0.15, -0.1) is 0 Å². The zero-order valence-corrected chi connectivity index (χ0v) is 23.4. The molecule has 1 saturated heterocycles. The highest BCUT2D eigenvalue weighted by Crippen LogP contribution is 2.31. The van der Waals surface area contributed by atoms with Gasteiger partial charge in [-0.2, -0.15) is 14.1 Å². The molecule has 2 fully saturated rings. The molecule has 0 radical (unpaired) electrons. The molecule has 0 atom stereocenters. The zero-order valence-electron chi connectivity index (χ0n) is 21.8. The van der Waals surface area contributed by atoms with E-state index in [0.29, 0.717) is 36.1 Å². The van der Waals surface area contributed by atoms with E-state index < -0.39 is 10.0 Å². The van der Waals surface area contributed by atoms with E-state index in [2.05, 4.69) is 10.1 Å². The fraction of sp³-hybridized carbons (Fsp3) is 0.444. The van der Waals surface area contributed by atoms with Crippen molar-refractivity contribution in [1.82, 2.24) is 19.1 Å². The lowest BCUT2D eigenvalue weighted by Crippen LogP contribution is -2.49. The van der Waals surface area contributed by atoms with Gasteiger partial charge in [-0.1, -0.05) is 23.7 Å². The van der Waals surface area contributed by atoms with Crippen molar-refractivity contribution in [2.45, 2.75) is 49.8 Å². The van der Waals surface area contributed by atoms with Crippen LogP contribution in [0.25, 0.3) is 5.69 Å². The Hall–Kier alpha value is -2.99. The monoisotopic (exact) mass is 573 g/mol. The minimum absolute atomic E-state index is 0.0240. The minimum Gasteiger partial charge on any atom is -0.483 e. The first-order valence-corrected chi connectivity index (χ1v) is 15.0. The molecule has 39 heavy (non-hydrogen) atoms. The van der Waals surface area contributed by atoms with Crippen molar-refractivity contribution >= 4 is 27.3 Å². The van der Waals surface area contributed by atoms with Crippen LogP contribution in [-0.4, -0.2) is 72.5 Å². The normalized spacial score (nSPS) is 20.6. The van der Waals surface area contributed by atoms with E-state index in [1.807, 2.05) is 11.8 Å². The smallest absolute Gasteiger partial charge is 0.316 e. The molecule has 3 heterocycles. The van der Waals surface area contributed by atoms with E-state index in [9.17, 15) is 13.2 Å². The molecule has 0 bridgehead atoms. The fourth-order valence-electron chi connectivity index (χ4n) is 5.08. The van der Waals surface area contributed by atoms with E-state index in [1.165, 1.54) is 21.3 Å². The highest BCUT2D eigenvalue weighted by atomic mass is 35.5. The van der Waals surface area contributed by atoms with Crippen LogP contribution in [-0.2, 0) is 14.8 Å². The van der Waals surface area contributed by atoms with Gasteiger partial charge < -0.3 is 14.4 Å². The number of aromatic nitrogens is 3. The summed E-state index contributed by atoms with van der Waals surface area (Å²) in [6.45, 7) is 3.91. The van der Waals surface area contributed by atoms with Crippen molar-refractivity contribution in [2.75, 3.05) is 37.7 Å². The summed E-state index contributed by atoms with van der Waals surface area (Å²) in [5.74, 6) is 0.214. The first-order chi connectivity index (χ1) is 18.9. The molecule has 2 aliphatic rings. The Morgan fingerprint density at radius 1 is 1.00 bits per heavy atom. The third-order valence-electron chi connectivity index (χ3n) is 7.10. The third kappa shape index (κ3) is 6.11. The number of hydrogen-bond donors (Lipinski definition) is 0. The number of benzene rings is 1. The van der Waals surface area contributed by atoms with Gasteiger partial charge in [-0.3, -0.25) is 4.79 Å². The number of anilines is 1. The summed E-state index contributed by atoms with van der Waals surface area (Å²) in [7, 11) is -3.71. The molecule has 12 heteroatoms. The molecule has 1 saturated carbocycles. The lowest BCUT2D eigenvalue weighted by Gasteiger charge is -2.36. The second kappa shape index (κ2) is 12.0. The lowest BCUT2D eigenvalue weighted by molar-refractivity contribution is 0.00850. The summed E-state index contributed by atoms with van der Waals surface area (Å²) in [6.07, 6.45) is 6.45. The molecule has 0 N–H and O–H groups in total. The number of hydrogen-bond acceptors (Lipinski definition) is 8. The van der Waals surface area contributed by atoms with Gasteiger partial charge in [0.1, 0.15) is 5.69 Å². The highest BCUT2D eigenvalue weighted by Gasteiger charge is 2.32. The molecule has 1 aromatic carbocycles. The standard InChI is InChI=1S/C27H32ClN5O5S/c1-2-37-22-9-11-23(12-10-22)38-26-24(19-30-33(27(26)34)21-7-5-6-20(28)18-21)31-14-16-32(17-15-31)39(35,36)25-8-3-4-13-29-25/h3-8,13,18-19,22-23H,2,9-12,14-17H2,1H3/t22-,23-. The van der Waals surface area contributed by atoms with E-state index in [-0.39, 0.29) is 41.6 Å². The summed E-state index contributed by atoms with van der Waals surface area (Å²) in [5.41, 5.74) is 0.709. The number of pyridine rings is 1. The molecule has 208 valence electrons. The van der Waals surface area contributed by atoms with Crippen molar-refractivity contribution in [3.05, 3.63) is 70.2 Å². The maximum absolute atomic E-state index is 13.8. The van der Waals surface area contributed by atoms with Crippen LogP contribution in [0.15, 0.2) is 64.7 Å². The number of sulfonamides is 1. The van der Waals surface area contributed by atoms with Gasteiger partial charge in [0, 0.05) is 44.0 Å². The van der Waals surface area contributed by atoms with Crippen LogP contribution in [0, 0.1) is 0 Å². The van der Waals surface area contributed by atoms with Crippen molar-refractivity contribution in [3.8, 4) is 11.4 Å². The van der Waals surface area contributed by atoms with Crippen LogP contribution in [0.1, 0.15) is 32.6 Å². The summed E-state index contributed by atoms with van der Waals surface area (Å²) in [6, 6.07) is 11.8. The van der Waals surface area contributed by atoms with Crippen molar-refractivity contribution in [2.24, 2.45) is 0 Å². The Morgan fingerprint density at radius 3 is 2.41 bits per heavy atom. The van der Waals surface area contributed by atoms with Gasteiger partial charge in [0.05, 0.1) is 24.1 Å². The Morgan fingerprint density at radius 2 is 1.74 bits per heavy atom. The molecule has 0 unspecified atom stereocenters. The molecule has 1 aliphatic carbocycles. The van der Waals surface area contributed by atoms with E-state index in [1.54, 1.807) is 42.6 Å². The van der Waals surface area contributed by atoms with Crippen LogP contribution in [0.3, 0.4) is 0 Å². The molecule has 0 amide bonds. The van der Waals surface area contributed by atoms with Crippen molar-refractivity contribution < 1.29 is 17.9 Å².